The number of carboxylic acids is 2. The minimum Gasteiger partial charge on any atom is -0.480 e. The Hall–Kier alpha value is -3.39. The number of carbonyl (C=O) groups excluding carboxylic acids is 1. The topological polar surface area (TPSA) is 130 Å². The van der Waals surface area contributed by atoms with Gasteiger partial charge in [0.25, 0.3) is 0 Å². The fourth-order valence-corrected chi connectivity index (χ4v) is 4.34. The van der Waals surface area contributed by atoms with Crippen molar-refractivity contribution < 1.29 is 29.3 Å². The molecule has 1 aliphatic heterocycles. The maximum absolute atomic E-state index is 12.7. The van der Waals surface area contributed by atoms with Gasteiger partial charge in [-0.25, -0.2) is 9.59 Å². The van der Waals surface area contributed by atoms with Crippen molar-refractivity contribution in [3.05, 3.63) is 59.7 Å². The number of piperidine rings is 1. The molecule has 2 aromatic carbocycles. The third-order valence-electron chi connectivity index (χ3n) is 6.01. The molecule has 2 atom stereocenters. The van der Waals surface area contributed by atoms with Crippen molar-refractivity contribution >= 4 is 18.0 Å². The number of nitrogens with two attached hydrogens (primary N) is 1. The van der Waals surface area contributed by atoms with E-state index in [4.69, 9.17) is 10.5 Å². The molecule has 0 aromatic heterocycles. The summed E-state index contributed by atoms with van der Waals surface area (Å²) in [6.07, 6.45) is -1.20. The van der Waals surface area contributed by atoms with E-state index in [1.54, 1.807) is 0 Å². The molecule has 2 unspecified atom stereocenters. The van der Waals surface area contributed by atoms with E-state index in [2.05, 4.69) is 0 Å². The van der Waals surface area contributed by atoms with Crippen LogP contribution in [0.2, 0.25) is 0 Å². The van der Waals surface area contributed by atoms with Crippen LogP contribution in [0.4, 0.5) is 4.79 Å². The lowest BCUT2D eigenvalue weighted by atomic mass is 9.84. The van der Waals surface area contributed by atoms with Gasteiger partial charge in [0.1, 0.15) is 18.2 Å². The Bertz CT molecular complexity index is 977. The summed E-state index contributed by atoms with van der Waals surface area (Å²) in [4.78, 5) is 36.9. The first kappa shape index (κ1) is 19.9. The zero-order valence-electron chi connectivity index (χ0n) is 16.2. The molecule has 2 aliphatic rings. The Morgan fingerprint density at radius 1 is 1.03 bits per heavy atom. The van der Waals surface area contributed by atoms with Crippen molar-refractivity contribution in [2.24, 2.45) is 5.73 Å². The summed E-state index contributed by atoms with van der Waals surface area (Å²) in [5.74, 6) is -2.73. The van der Waals surface area contributed by atoms with E-state index in [-0.39, 0.29) is 31.9 Å². The van der Waals surface area contributed by atoms with Gasteiger partial charge in [0.15, 0.2) is 0 Å². The van der Waals surface area contributed by atoms with Gasteiger partial charge in [-0.2, -0.15) is 0 Å². The maximum Gasteiger partial charge on any atom is 0.410 e. The number of benzene rings is 2. The van der Waals surface area contributed by atoms with Crippen molar-refractivity contribution in [3.8, 4) is 11.1 Å². The van der Waals surface area contributed by atoms with Crippen molar-refractivity contribution in [3.63, 3.8) is 0 Å². The smallest absolute Gasteiger partial charge is 0.410 e. The highest BCUT2D eigenvalue weighted by Gasteiger charge is 2.47. The predicted molar refractivity (Wildman–Crippen MR) is 107 cm³/mol. The molecule has 30 heavy (non-hydrogen) atoms. The maximum atomic E-state index is 12.7. The number of aliphatic carboxylic acids is 2. The van der Waals surface area contributed by atoms with Crippen LogP contribution in [-0.4, -0.2) is 57.9 Å². The molecule has 4 rings (SSSR count). The van der Waals surface area contributed by atoms with E-state index in [1.807, 2.05) is 48.5 Å². The van der Waals surface area contributed by atoms with Gasteiger partial charge in [-0.3, -0.25) is 9.69 Å². The predicted octanol–water partition coefficient (Wildman–Crippen LogP) is 2.27. The summed E-state index contributed by atoms with van der Waals surface area (Å²) in [5.41, 5.74) is 8.42. The zero-order chi connectivity index (χ0) is 21.5. The Balaban J connectivity index is 1.51. The van der Waals surface area contributed by atoms with E-state index in [9.17, 15) is 24.6 Å². The molecule has 1 heterocycles. The van der Waals surface area contributed by atoms with Crippen molar-refractivity contribution in [1.82, 2.24) is 4.90 Å². The van der Waals surface area contributed by atoms with Gasteiger partial charge in [0, 0.05) is 18.9 Å². The summed E-state index contributed by atoms with van der Waals surface area (Å²) in [6, 6.07) is 14.4. The molecule has 4 N–H and O–H groups in total. The van der Waals surface area contributed by atoms with Crippen molar-refractivity contribution in [2.75, 3.05) is 13.2 Å². The first-order chi connectivity index (χ1) is 14.3. The molecule has 0 radical (unpaired) electrons. The molecule has 156 valence electrons. The van der Waals surface area contributed by atoms with Crippen LogP contribution in [0.15, 0.2) is 48.5 Å². The van der Waals surface area contributed by atoms with Gasteiger partial charge >= 0.3 is 18.0 Å². The number of ether oxygens (including phenoxy) is 1. The first-order valence-electron chi connectivity index (χ1n) is 9.68. The fraction of sp³-hybridized carbons (Fsp3) is 0.318. The number of carboxylic acid groups (broad SMARTS) is 2. The molecule has 0 saturated carbocycles. The third-order valence-corrected chi connectivity index (χ3v) is 6.01. The molecule has 8 nitrogen and oxygen atoms in total. The first-order valence-corrected chi connectivity index (χ1v) is 9.68. The third kappa shape index (κ3) is 3.29. The molecule has 1 saturated heterocycles. The zero-order valence-corrected chi connectivity index (χ0v) is 16.2. The average Bonchev–Trinajstić information content (AvgIpc) is 3.05. The van der Waals surface area contributed by atoms with E-state index in [1.165, 1.54) is 0 Å². The molecule has 0 spiro atoms. The van der Waals surface area contributed by atoms with Gasteiger partial charge < -0.3 is 20.7 Å². The summed E-state index contributed by atoms with van der Waals surface area (Å²) < 4.78 is 5.52. The van der Waals surface area contributed by atoms with Crippen LogP contribution in [0.3, 0.4) is 0 Å². The van der Waals surface area contributed by atoms with Crippen LogP contribution in [0.5, 0.6) is 0 Å². The van der Waals surface area contributed by atoms with Crippen LogP contribution in [0.1, 0.15) is 29.9 Å². The Morgan fingerprint density at radius 2 is 1.60 bits per heavy atom. The summed E-state index contributed by atoms with van der Waals surface area (Å²) >= 11 is 0. The highest BCUT2D eigenvalue weighted by Crippen LogP contribution is 2.44. The number of likely N-dealkylation sites (tertiary alicyclic amines) is 1. The number of rotatable bonds is 4. The lowest BCUT2D eigenvalue weighted by Gasteiger charge is -2.39. The molecule has 1 aliphatic carbocycles. The molecule has 2 aromatic rings. The highest BCUT2D eigenvalue weighted by molar-refractivity contribution is 5.85. The number of hydrogen-bond donors (Lipinski definition) is 3. The largest absolute Gasteiger partial charge is 0.480 e. The number of nitrogens with zero attached hydrogens (tertiary/aromatic N) is 1. The molecule has 1 amide bonds. The minimum absolute atomic E-state index is 0.0453. The van der Waals surface area contributed by atoms with Gasteiger partial charge in [-0.15, -0.1) is 0 Å². The van der Waals surface area contributed by atoms with Crippen molar-refractivity contribution in [2.45, 2.75) is 30.3 Å². The monoisotopic (exact) mass is 410 g/mol. The molecule has 1 fully saturated rings. The average molecular weight is 410 g/mol. The Kier molecular flexibility index (Phi) is 4.95. The van der Waals surface area contributed by atoms with Crippen LogP contribution in [0.25, 0.3) is 11.1 Å². The summed E-state index contributed by atoms with van der Waals surface area (Å²) in [7, 11) is 0. The minimum atomic E-state index is -1.68. The van der Waals surface area contributed by atoms with Crippen LogP contribution < -0.4 is 5.73 Å². The fourth-order valence-electron chi connectivity index (χ4n) is 4.34. The van der Waals surface area contributed by atoms with Crippen molar-refractivity contribution in [1.29, 1.82) is 0 Å². The highest BCUT2D eigenvalue weighted by atomic mass is 16.6. The van der Waals surface area contributed by atoms with Crippen LogP contribution in [-0.2, 0) is 14.3 Å². The Labute approximate surface area is 172 Å². The number of fused-ring (bicyclic) bond motifs is 3. The quantitative estimate of drug-likeness (QED) is 0.705. The summed E-state index contributed by atoms with van der Waals surface area (Å²) in [6.45, 7) is -0.0428. The lowest BCUT2D eigenvalue weighted by molar-refractivity contribution is -0.151. The lowest BCUT2D eigenvalue weighted by Crippen LogP contribution is -2.62. The number of carbonyl (C=O) groups is 3. The standard InChI is InChI=1S/C22H22N2O6/c23-22(20(27)28)9-10-24(18(11-22)19(25)26)21(29)30-12-17-15-7-3-1-5-13(15)14-6-2-4-8-16(14)17/h1-8,17-18H,9-12,23H2,(H,25,26)(H,27,28). The second kappa shape index (κ2) is 7.46. The molecule has 8 heteroatoms. The molecular formula is C22H22N2O6. The number of hydrogen-bond acceptors (Lipinski definition) is 5. The summed E-state index contributed by atoms with van der Waals surface area (Å²) in [5, 5.41) is 18.8. The van der Waals surface area contributed by atoms with E-state index in [0.29, 0.717) is 0 Å². The van der Waals surface area contributed by atoms with Crippen LogP contribution in [0, 0.1) is 0 Å². The second-order valence-electron chi connectivity index (χ2n) is 7.77. The van der Waals surface area contributed by atoms with Gasteiger partial charge in [0.2, 0.25) is 0 Å². The molecule has 0 bridgehead atoms. The second-order valence-corrected chi connectivity index (χ2v) is 7.77. The van der Waals surface area contributed by atoms with Gasteiger partial charge in [-0.1, -0.05) is 48.5 Å². The van der Waals surface area contributed by atoms with E-state index >= 15 is 0 Å². The van der Waals surface area contributed by atoms with Crippen LogP contribution >= 0.6 is 0 Å². The Morgan fingerprint density at radius 3 is 2.13 bits per heavy atom. The van der Waals surface area contributed by atoms with Gasteiger partial charge in [0.05, 0.1) is 0 Å². The van der Waals surface area contributed by atoms with Gasteiger partial charge in [-0.05, 0) is 28.7 Å². The van der Waals surface area contributed by atoms with E-state index < -0.39 is 29.6 Å². The SMILES string of the molecule is NC1(C(=O)O)CCN(C(=O)OCC2c3ccccc3-c3ccccc32)C(C(=O)O)C1. The number of amides is 1. The molecular weight excluding hydrogens is 388 g/mol. The van der Waals surface area contributed by atoms with E-state index in [0.717, 1.165) is 27.2 Å². The normalized spacial score (nSPS) is 22.8.